The number of hydrogen-bond acceptors (Lipinski definition) is 5. The molecule has 0 aliphatic carbocycles. The Morgan fingerprint density at radius 3 is 2.88 bits per heavy atom. The van der Waals surface area contributed by atoms with Crippen LogP contribution < -0.4 is 20.3 Å². The van der Waals surface area contributed by atoms with Gasteiger partial charge in [0.1, 0.15) is 11.1 Å². The summed E-state index contributed by atoms with van der Waals surface area (Å²) in [6.45, 7) is 0.646. The molecule has 8 heteroatoms. The van der Waals surface area contributed by atoms with Crippen molar-refractivity contribution in [1.29, 1.82) is 0 Å². The van der Waals surface area contributed by atoms with Gasteiger partial charge in [-0.15, -0.1) is 4.99 Å². The highest BCUT2D eigenvalue weighted by Gasteiger charge is 2.20. The van der Waals surface area contributed by atoms with E-state index in [1.807, 2.05) is 30.3 Å². The van der Waals surface area contributed by atoms with E-state index in [0.29, 0.717) is 17.7 Å². The zero-order valence-corrected chi connectivity index (χ0v) is 14.4. The molecule has 1 aliphatic rings. The van der Waals surface area contributed by atoms with Crippen LogP contribution in [0.3, 0.4) is 0 Å². The number of aromatic nitrogens is 3. The molecule has 0 saturated carbocycles. The monoisotopic (exact) mass is 386 g/mol. The Bertz CT molecular complexity index is 1120. The SMILES string of the molecule is COc1ccc(Cn2c(=O)[n+]3c(c4cc(Br)cnc42)=NCN=3)cc1. The van der Waals surface area contributed by atoms with Crippen molar-refractivity contribution in [3.63, 3.8) is 0 Å². The third-order valence-corrected chi connectivity index (χ3v) is 4.30. The second-order valence-corrected chi connectivity index (χ2v) is 6.23. The molecule has 0 unspecified atom stereocenters. The van der Waals surface area contributed by atoms with Crippen molar-refractivity contribution in [2.24, 2.45) is 10.1 Å². The lowest BCUT2D eigenvalue weighted by Gasteiger charge is -2.05. The van der Waals surface area contributed by atoms with Gasteiger partial charge in [-0.25, -0.2) is 14.3 Å². The van der Waals surface area contributed by atoms with E-state index in [0.717, 1.165) is 21.2 Å². The Hall–Kier alpha value is -2.61. The van der Waals surface area contributed by atoms with Crippen molar-refractivity contribution in [3.05, 3.63) is 62.5 Å². The maximum atomic E-state index is 12.8. The Labute approximate surface area is 144 Å². The van der Waals surface area contributed by atoms with Crippen molar-refractivity contribution >= 4 is 27.0 Å². The van der Waals surface area contributed by atoms with Gasteiger partial charge in [0.2, 0.25) is 12.3 Å². The molecule has 24 heavy (non-hydrogen) atoms. The summed E-state index contributed by atoms with van der Waals surface area (Å²) < 4.78 is 8.95. The number of methoxy groups -OCH3 is 1. The van der Waals surface area contributed by atoms with Gasteiger partial charge in [0.05, 0.1) is 13.7 Å². The van der Waals surface area contributed by atoms with Crippen LogP contribution in [0.25, 0.3) is 11.0 Å². The summed E-state index contributed by atoms with van der Waals surface area (Å²) >= 11 is 3.42. The van der Waals surface area contributed by atoms with E-state index in [1.165, 1.54) is 4.36 Å². The van der Waals surface area contributed by atoms with Gasteiger partial charge in [-0.1, -0.05) is 21.6 Å². The van der Waals surface area contributed by atoms with Gasteiger partial charge in [0.15, 0.2) is 0 Å². The molecule has 0 atom stereocenters. The van der Waals surface area contributed by atoms with E-state index in [9.17, 15) is 4.79 Å². The van der Waals surface area contributed by atoms with Crippen LogP contribution in [-0.2, 0) is 6.54 Å². The fraction of sp³-hybridized carbons (Fsp3) is 0.188. The highest BCUT2D eigenvalue weighted by Crippen LogP contribution is 2.15. The summed E-state index contributed by atoms with van der Waals surface area (Å²) in [4.78, 5) is 21.5. The maximum absolute atomic E-state index is 12.8. The molecular formula is C16H13BrN5O2+. The van der Waals surface area contributed by atoms with Gasteiger partial charge in [-0.3, -0.25) is 0 Å². The van der Waals surface area contributed by atoms with Crippen molar-refractivity contribution < 1.29 is 9.10 Å². The van der Waals surface area contributed by atoms with E-state index < -0.39 is 0 Å². The van der Waals surface area contributed by atoms with Gasteiger partial charge >= 0.3 is 5.69 Å². The van der Waals surface area contributed by atoms with Crippen LogP contribution in [0.4, 0.5) is 0 Å². The standard InChI is InChI=1S/C16H13BrN5O2/c1-24-12-4-2-10(3-5-12)8-21-14-13(6-11(17)7-18-14)15-19-9-20-22(15)16(21)23/h2-7H,8-9H2,1H3/q+1. The number of nitrogens with zero attached hydrogens (tertiary/aromatic N) is 5. The molecule has 4 rings (SSSR count). The number of halogens is 1. The molecule has 7 nitrogen and oxygen atoms in total. The van der Waals surface area contributed by atoms with Gasteiger partial charge in [-0.05, 0) is 39.7 Å². The van der Waals surface area contributed by atoms with E-state index in [4.69, 9.17) is 4.74 Å². The third-order valence-electron chi connectivity index (χ3n) is 3.87. The van der Waals surface area contributed by atoms with E-state index in [-0.39, 0.29) is 12.4 Å². The topological polar surface area (TPSA) is 74.7 Å². The van der Waals surface area contributed by atoms with Gasteiger partial charge < -0.3 is 4.74 Å². The first-order valence-corrected chi connectivity index (χ1v) is 8.09. The maximum Gasteiger partial charge on any atom is 0.469 e. The zero-order valence-electron chi connectivity index (χ0n) is 12.8. The lowest BCUT2D eigenvalue weighted by molar-refractivity contribution is -0.578. The largest absolute Gasteiger partial charge is 0.497 e. The van der Waals surface area contributed by atoms with E-state index in [2.05, 4.69) is 31.0 Å². The number of rotatable bonds is 3. The molecule has 0 saturated heterocycles. The minimum Gasteiger partial charge on any atom is -0.497 e. The molecule has 0 radical (unpaired) electrons. The molecule has 0 bridgehead atoms. The van der Waals surface area contributed by atoms with Crippen LogP contribution in [0.1, 0.15) is 5.56 Å². The summed E-state index contributed by atoms with van der Waals surface area (Å²) in [6, 6.07) is 9.49. The van der Waals surface area contributed by atoms with Crippen LogP contribution in [-0.4, -0.2) is 23.3 Å². The van der Waals surface area contributed by atoms with Crippen molar-refractivity contribution in [3.8, 4) is 5.75 Å². The fourth-order valence-corrected chi connectivity index (χ4v) is 3.05. The molecule has 0 N–H and O–H groups in total. The molecule has 1 aliphatic heterocycles. The summed E-state index contributed by atoms with van der Waals surface area (Å²) in [5.74, 6) is 0.773. The predicted molar refractivity (Wildman–Crippen MR) is 89.8 cm³/mol. The van der Waals surface area contributed by atoms with Crippen molar-refractivity contribution in [2.45, 2.75) is 6.54 Å². The number of pyridine rings is 1. The number of hydrogen-bond donors (Lipinski definition) is 0. The summed E-state index contributed by atoms with van der Waals surface area (Å²) in [6.07, 6.45) is 1.68. The Morgan fingerprint density at radius 1 is 1.33 bits per heavy atom. The first-order valence-electron chi connectivity index (χ1n) is 7.29. The van der Waals surface area contributed by atoms with E-state index >= 15 is 0 Å². The second-order valence-electron chi connectivity index (χ2n) is 5.32. The normalized spacial score (nSPS) is 12.6. The predicted octanol–water partition coefficient (Wildman–Crippen LogP) is 1.13. The molecule has 1 aromatic carbocycles. The first kappa shape index (κ1) is 14.9. The van der Waals surface area contributed by atoms with Gasteiger partial charge in [0, 0.05) is 10.7 Å². The quantitative estimate of drug-likeness (QED) is 0.633. The average molecular weight is 387 g/mol. The Morgan fingerprint density at radius 2 is 2.12 bits per heavy atom. The van der Waals surface area contributed by atoms with E-state index in [1.54, 1.807) is 17.9 Å². The van der Waals surface area contributed by atoms with Crippen LogP contribution in [0.15, 0.2) is 55.9 Å². The first-order chi connectivity index (χ1) is 11.7. The lowest BCUT2D eigenvalue weighted by Crippen LogP contribution is -2.53. The van der Waals surface area contributed by atoms with Crippen molar-refractivity contribution in [1.82, 2.24) is 9.55 Å². The minimum absolute atomic E-state index is 0.246. The fourth-order valence-electron chi connectivity index (χ4n) is 2.72. The smallest absolute Gasteiger partial charge is 0.469 e. The highest BCUT2D eigenvalue weighted by molar-refractivity contribution is 9.10. The highest BCUT2D eigenvalue weighted by atomic mass is 79.9. The average Bonchev–Trinajstić information content (AvgIpc) is 3.09. The molecule has 0 amide bonds. The van der Waals surface area contributed by atoms with Crippen molar-refractivity contribution in [2.75, 3.05) is 13.8 Å². The van der Waals surface area contributed by atoms with Crippen LogP contribution in [0.2, 0.25) is 0 Å². The van der Waals surface area contributed by atoms with Crippen LogP contribution >= 0.6 is 15.9 Å². The molecule has 0 spiro atoms. The van der Waals surface area contributed by atoms with Crippen LogP contribution in [0, 0.1) is 0 Å². The Kier molecular flexibility index (Phi) is 3.61. The lowest BCUT2D eigenvalue weighted by atomic mass is 10.2. The molecule has 2 aromatic heterocycles. The zero-order chi connectivity index (χ0) is 16.7. The number of fused-ring (bicyclic) bond motifs is 3. The molecule has 3 aromatic rings. The number of ether oxygens (including phenoxy) is 1. The third kappa shape index (κ3) is 2.39. The minimum atomic E-state index is -0.246. The second kappa shape index (κ2) is 5.79. The molecule has 120 valence electrons. The molecule has 0 fully saturated rings. The summed E-state index contributed by atoms with van der Waals surface area (Å²) in [5.41, 5.74) is 1.87. The molecular weight excluding hydrogens is 374 g/mol. The number of benzene rings is 1. The van der Waals surface area contributed by atoms with Crippen LogP contribution in [0.5, 0.6) is 5.75 Å². The van der Waals surface area contributed by atoms with Gasteiger partial charge in [0.25, 0.3) is 5.49 Å². The Balaban J connectivity index is 1.95. The summed E-state index contributed by atoms with van der Waals surface area (Å²) in [5, 5.41) is 4.95. The van der Waals surface area contributed by atoms with Gasteiger partial charge in [-0.2, -0.15) is 0 Å². The summed E-state index contributed by atoms with van der Waals surface area (Å²) in [7, 11) is 1.62. The molecule has 3 heterocycles.